The van der Waals surface area contributed by atoms with Crippen LogP contribution in [0.25, 0.3) is 11.0 Å². The minimum absolute atomic E-state index is 0.0598. The molecule has 1 aromatic heterocycles. The molecule has 1 aliphatic rings. The maximum atomic E-state index is 13.3. The molecular formula is C22H24FN3O. The molecule has 140 valence electrons. The van der Waals surface area contributed by atoms with Crippen LogP contribution in [0.2, 0.25) is 0 Å². The van der Waals surface area contributed by atoms with Crippen LogP contribution in [0.1, 0.15) is 44.5 Å². The molecule has 1 aliphatic heterocycles. The van der Waals surface area contributed by atoms with E-state index in [4.69, 9.17) is 4.98 Å². The van der Waals surface area contributed by atoms with Crippen molar-refractivity contribution in [3.8, 4) is 0 Å². The van der Waals surface area contributed by atoms with E-state index >= 15 is 0 Å². The van der Waals surface area contributed by atoms with Gasteiger partial charge in [-0.25, -0.2) is 9.37 Å². The van der Waals surface area contributed by atoms with Crippen molar-refractivity contribution in [1.82, 2.24) is 14.5 Å². The van der Waals surface area contributed by atoms with Crippen molar-refractivity contribution in [2.45, 2.75) is 45.2 Å². The maximum Gasteiger partial charge on any atom is 0.223 e. The fourth-order valence-corrected chi connectivity index (χ4v) is 3.87. The number of carbonyl (C=O) groups is 1. The third-order valence-electron chi connectivity index (χ3n) is 5.24. The normalized spacial score (nSPS) is 17.9. The molecule has 3 aromatic rings. The molecule has 0 saturated carbocycles. The van der Waals surface area contributed by atoms with E-state index in [0.29, 0.717) is 19.5 Å². The van der Waals surface area contributed by atoms with Gasteiger partial charge >= 0.3 is 0 Å². The van der Waals surface area contributed by atoms with Gasteiger partial charge in [-0.1, -0.05) is 24.3 Å². The maximum absolute atomic E-state index is 13.3. The Labute approximate surface area is 158 Å². The summed E-state index contributed by atoms with van der Waals surface area (Å²) in [4.78, 5) is 19.4. The summed E-state index contributed by atoms with van der Waals surface area (Å²) in [5.41, 5.74) is 2.78. The molecule has 5 heteroatoms. The fourth-order valence-electron chi connectivity index (χ4n) is 3.87. The van der Waals surface area contributed by atoms with E-state index in [2.05, 4.69) is 25.3 Å². The average molecular weight is 365 g/mol. The summed E-state index contributed by atoms with van der Waals surface area (Å²) in [6, 6.07) is 14.6. The van der Waals surface area contributed by atoms with Gasteiger partial charge < -0.3 is 9.47 Å². The molecule has 2 aromatic carbocycles. The quantitative estimate of drug-likeness (QED) is 0.693. The summed E-state index contributed by atoms with van der Waals surface area (Å²) >= 11 is 0. The standard InChI is InChI=1S/C22H24FN3O/c1-22(2,3)26-14-16(12-20(26)27)21-24-18-6-4-5-7-19(18)25(21)13-15-8-10-17(23)11-9-15/h4-11,16H,12-14H2,1-3H3/t16-/m0/s1. The summed E-state index contributed by atoms with van der Waals surface area (Å²) in [5.74, 6) is 0.926. The Morgan fingerprint density at radius 1 is 1.11 bits per heavy atom. The highest BCUT2D eigenvalue weighted by Crippen LogP contribution is 2.34. The molecule has 0 N–H and O–H groups in total. The lowest BCUT2D eigenvalue weighted by molar-refractivity contribution is -0.131. The fraction of sp³-hybridized carbons (Fsp3) is 0.364. The molecule has 4 nitrogen and oxygen atoms in total. The predicted molar refractivity (Wildman–Crippen MR) is 104 cm³/mol. The first-order chi connectivity index (χ1) is 12.8. The molecule has 0 spiro atoms. The van der Waals surface area contributed by atoms with Gasteiger partial charge in [0, 0.05) is 31.0 Å². The first-order valence-corrected chi connectivity index (χ1v) is 9.33. The van der Waals surface area contributed by atoms with Crippen LogP contribution in [-0.2, 0) is 11.3 Å². The summed E-state index contributed by atoms with van der Waals surface area (Å²) in [5, 5.41) is 0. The van der Waals surface area contributed by atoms with E-state index in [1.807, 2.05) is 29.2 Å². The highest BCUT2D eigenvalue weighted by Gasteiger charge is 2.38. The van der Waals surface area contributed by atoms with Crippen LogP contribution in [-0.4, -0.2) is 32.4 Å². The Bertz CT molecular complexity index is 985. The molecule has 1 atom stereocenters. The van der Waals surface area contributed by atoms with Crippen molar-refractivity contribution < 1.29 is 9.18 Å². The number of amides is 1. The van der Waals surface area contributed by atoms with Crippen molar-refractivity contribution in [3.63, 3.8) is 0 Å². The van der Waals surface area contributed by atoms with Crippen molar-refractivity contribution in [3.05, 3.63) is 65.7 Å². The number of halogens is 1. The van der Waals surface area contributed by atoms with E-state index in [1.165, 1.54) is 12.1 Å². The lowest BCUT2D eigenvalue weighted by Gasteiger charge is -2.32. The van der Waals surface area contributed by atoms with E-state index in [0.717, 1.165) is 22.4 Å². The first-order valence-electron chi connectivity index (χ1n) is 9.33. The third kappa shape index (κ3) is 3.34. The Morgan fingerprint density at radius 2 is 1.81 bits per heavy atom. The number of likely N-dealkylation sites (tertiary alicyclic amines) is 1. The second-order valence-electron chi connectivity index (χ2n) is 8.25. The van der Waals surface area contributed by atoms with Gasteiger partial charge in [0.1, 0.15) is 11.6 Å². The predicted octanol–water partition coefficient (Wildman–Crippen LogP) is 4.34. The minimum atomic E-state index is -0.239. The van der Waals surface area contributed by atoms with Gasteiger partial charge in [-0.2, -0.15) is 0 Å². The van der Waals surface area contributed by atoms with E-state index in [-0.39, 0.29) is 23.2 Å². The van der Waals surface area contributed by atoms with Crippen LogP contribution in [0.3, 0.4) is 0 Å². The smallest absolute Gasteiger partial charge is 0.223 e. The lowest BCUT2D eigenvalue weighted by atomic mass is 10.1. The van der Waals surface area contributed by atoms with Gasteiger partial charge in [0.25, 0.3) is 0 Å². The lowest BCUT2D eigenvalue weighted by Crippen LogP contribution is -2.42. The second kappa shape index (κ2) is 6.48. The molecular weight excluding hydrogens is 341 g/mol. The van der Waals surface area contributed by atoms with Gasteiger partial charge in [0.2, 0.25) is 5.91 Å². The Balaban J connectivity index is 1.74. The number of nitrogens with zero attached hydrogens (tertiary/aromatic N) is 3. The minimum Gasteiger partial charge on any atom is -0.337 e. The summed E-state index contributed by atoms with van der Waals surface area (Å²) in [6.07, 6.45) is 0.476. The molecule has 0 aliphatic carbocycles. The zero-order valence-corrected chi connectivity index (χ0v) is 15.9. The zero-order chi connectivity index (χ0) is 19.2. The van der Waals surface area contributed by atoms with Gasteiger partial charge in [-0.15, -0.1) is 0 Å². The van der Waals surface area contributed by atoms with E-state index in [9.17, 15) is 9.18 Å². The second-order valence-corrected chi connectivity index (χ2v) is 8.25. The SMILES string of the molecule is CC(C)(C)N1C[C@@H](c2nc3ccccc3n2Cc2ccc(F)cc2)CC1=O. The number of benzene rings is 2. The van der Waals surface area contributed by atoms with Crippen molar-refractivity contribution in [2.75, 3.05) is 6.54 Å². The Kier molecular flexibility index (Phi) is 4.25. The van der Waals surface area contributed by atoms with Gasteiger partial charge in [-0.05, 0) is 50.6 Å². The first kappa shape index (κ1) is 17.7. The number of imidazole rings is 1. The average Bonchev–Trinajstić information content (AvgIpc) is 3.18. The van der Waals surface area contributed by atoms with Gasteiger partial charge in [0.15, 0.2) is 0 Å². The largest absolute Gasteiger partial charge is 0.337 e. The molecule has 27 heavy (non-hydrogen) atoms. The van der Waals surface area contributed by atoms with Crippen LogP contribution in [0.15, 0.2) is 48.5 Å². The summed E-state index contributed by atoms with van der Waals surface area (Å²) < 4.78 is 15.5. The van der Waals surface area contributed by atoms with Crippen molar-refractivity contribution >= 4 is 16.9 Å². The zero-order valence-electron chi connectivity index (χ0n) is 15.9. The van der Waals surface area contributed by atoms with Crippen LogP contribution >= 0.6 is 0 Å². The highest BCUT2D eigenvalue weighted by molar-refractivity contribution is 5.81. The number of fused-ring (bicyclic) bond motifs is 1. The topological polar surface area (TPSA) is 38.1 Å². The number of carbonyl (C=O) groups excluding carboxylic acids is 1. The molecule has 0 bridgehead atoms. The van der Waals surface area contributed by atoms with Crippen LogP contribution in [0, 0.1) is 5.82 Å². The molecule has 0 unspecified atom stereocenters. The third-order valence-corrected chi connectivity index (χ3v) is 5.24. The van der Waals surface area contributed by atoms with Crippen LogP contribution < -0.4 is 0 Å². The highest BCUT2D eigenvalue weighted by atomic mass is 19.1. The van der Waals surface area contributed by atoms with Crippen LogP contribution in [0.5, 0.6) is 0 Å². The van der Waals surface area contributed by atoms with Gasteiger partial charge in [-0.3, -0.25) is 4.79 Å². The van der Waals surface area contributed by atoms with E-state index in [1.54, 1.807) is 12.1 Å². The van der Waals surface area contributed by atoms with Crippen molar-refractivity contribution in [1.29, 1.82) is 0 Å². The Hall–Kier alpha value is -2.69. The summed E-state index contributed by atoms with van der Waals surface area (Å²) in [6.45, 7) is 7.48. The molecule has 0 radical (unpaired) electrons. The van der Waals surface area contributed by atoms with Crippen LogP contribution in [0.4, 0.5) is 4.39 Å². The summed E-state index contributed by atoms with van der Waals surface area (Å²) in [7, 11) is 0. The molecule has 1 saturated heterocycles. The molecule has 1 amide bonds. The van der Waals surface area contributed by atoms with Crippen molar-refractivity contribution in [2.24, 2.45) is 0 Å². The molecule has 1 fully saturated rings. The number of para-hydroxylation sites is 2. The van der Waals surface area contributed by atoms with Gasteiger partial charge in [0.05, 0.1) is 11.0 Å². The number of rotatable bonds is 3. The van der Waals surface area contributed by atoms with E-state index < -0.39 is 0 Å². The number of hydrogen-bond acceptors (Lipinski definition) is 2. The molecule has 2 heterocycles. The number of hydrogen-bond donors (Lipinski definition) is 0. The Morgan fingerprint density at radius 3 is 2.48 bits per heavy atom. The monoisotopic (exact) mass is 365 g/mol. The number of aromatic nitrogens is 2. The molecule has 4 rings (SSSR count).